The van der Waals surface area contributed by atoms with Crippen molar-refractivity contribution in [3.8, 4) is 0 Å². The third-order valence-electron chi connectivity index (χ3n) is 4.23. The Morgan fingerprint density at radius 2 is 1.64 bits per heavy atom. The fourth-order valence-electron chi connectivity index (χ4n) is 2.94. The van der Waals surface area contributed by atoms with Crippen LogP contribution in [0.5, 0.6) is 0 Å². The van der Waals surface area contributed by atoms with Gasteiger partial charge < -0.3 is 49.6 Å². The van der Waals surface area contributed by atoms with Crippen molar-refractivity contribution in [1.82, 2.24) is 0 Å². The predicted molar refractivity (Wildman–Crippen MR) is 65.3 cm³/mol. The fourth-order valence-corrected chi connectivity index (χ4v) is 2.94. The number of hydrogen-bond acceptors (Lipinski definition) is 10. The first-order valence-electron chi connectivity index (χ1n) is 7.03. The van der Waals surface area contributed by atoms with Crippen molar-refractivity contribution in [2.45, 2.75) is 61.4 Å². The van der Waals surface area contributed by atoms with Crippen molar-refractivity contribution in [2.75, 3.05) is 13.2 Å². The molecule has 0 spiro atoms. The lowest BCUT2D eigenvalue weighted by Crippen LogP contribution is -2.62. The lowest BCUT2D eigenvalue weighted by atomic mass is 9.98. The summed E-state index contributed by atoms with van der Waals surface area (Å²) in [4.78, 5) is 0. The van der Waals surface area contributed by atoms with Gasteiger partial charge in [0.1, 0.15) is 48.8 Å². The van der Waals surface area contributed by atoms with E-state index in [0.29, 0.717) is 0 Å². The molecule has 0 unspecified atom stereocenters. The van der Waals surface area contributed by atoms with Crippen LogP contribution in [0.15, 0.2) is 0 Å². The van der Waals surface area contributed by atoms with Crippen LogP contribution in [0.3, 0.4) is 0 Å². The van der Waals surface area contributed by atoms with Crippen molar-refractivity contribution >= 4 is 0 Å². The smallest absolute Gasteiger partial charge is 0.187 e. The van der Waals surface area contributed by atoms with Crippen LogP contribution >= 0.6 is 0 Å². The average Bonchev–Trinajstić information content (AvgIpc) is 2.82. The van der Waals surface area contributed by atoms with E-state index >= 15 is 0 Å². The highest BCUT2D eigenvalue weighted by molar-refractivity contribution is 4.97. The summed E-state index contributed by atoms with van der Waals surface area (Å²) in [5, 5.41) is 57.8. The van der Waals surface area contributed by atoms with Crippen LogP contribution in [-0.4, -0.2) is 105 Å². The van der Waals surface area contributed by atoms with Crippen molar-refractivity contribution in [3.63, 3.8) is 0 Å². The highest BCUT2D eigenvalue weighted by Gasteiger charge is 2.54. The standard InChI is InChI=1S/C12H20O10/c13-1-3-5(14)6(15)7(16)12(21-3)22-9-4-2-19-10(9)8(17)11(18)20-4/h3-18H,1-2H2/t3-,4-,5+,6+,7-,8-,9+,10-,11+,12+/m1/s1. The predicted octanol–water partition coefficient (Wildman–Crippen LogP) is -4.35. The second-order valence-electron chi connectivity index (χ2n) is 5.65. The zero-order chi connectivity index (χ0) is 16.0. The van der Waals surface area contributed by atoms with E-state index in [9.17, 15) is 25.5 Å². The number of ether oxygens (including phenoxy) is 4. The molecule has 3 saturated heterocycles. The molecule has 22 heavy (non-hydrogen) atoms. The second kappa shape index (κ2) is 6.24. The minimum Gasteiger partial charge on any atom is -0.394 e. The summed E-state index contributed by atoms with van der Waals surface area (Å²) < 4.78 is 21.2. The van der Waals surface area contributed by atoms with E-state index in [-0.39, 0.29) is 6.61 Å². The van der Waals surface area contributed by atoms with E-state index in [1.54, 1.807) is 0 Å². The molecule has 10 atom stereocenters. The highest BCUT2D eigenvalue weighted by Crippen LogP contribution is 2.33. The molecule has 3 aliphatic heterocycles. The van der Waals surface area contributed by atoms with Crippen LogP contribution < -0.4 is 0 Å². The Labute approximate surface area is 125 Å². The van der Waals surface area contributed by atoms with E-state index in [4.69, 9.17) is 24.1 Å². The molecule has 3 heterocycles. The normalized spacial score (nSPS) is 55.4. The zero-order valence-electron chi connectivity index (χ0n) is 11.5. The van der Waals surface area contributed by atoms with Crippen molar-refractivity contribution < 1.29 is 49.6 Å². The van der Waals surface area contributed by atoms with Gasteiger partial charge in [-0.25, -0.2) is 0 Å². The Morgan fingerprint density at radius 1 is 0.909 bits per heavy atom. The molecule has 3 aliphatic rings. The van der Waals surface area contributed by atoms with E-state index in [0.717, 1.165) is 0 Å². The Kier molecular flexibility index (Phi) is 4.67. The molecule has 0 aromatic heterocycles. The molecule has 10 nitrogen and oxygen atoms in total. The first kappa shape index (κ1) is 16.5. The van der Waals surface area contributed by atoms with E-state index in [2.05, 4.69) is 0 Å². The second-order valence-corrected chi connectivity index (χ2v) is 5.65. The monoisotopic (exact) mass is 324 g/mol. The number of aliphatic hydroxyl groups excluding tert-OH is 6. The maximum absolute atomic E-state index is 9.93. The molecule has 0 amide bonds. The van der Waals surface area contributed by atoms with Gasteiger partial charge in [-0.1, -0.05) is 0 Å². The van der Waals surface area contributed by atoms with E-state index < -0.39 is 68.0 Å². The number of aliphatic hydroxyl groups is 6. The van der Waals surface area contributed by atoms with Gasteiger partial charge in [-0.05, 0) is 0 Å². The summed E-state index contributed by atoms with van der Waals surface area (Å²) in [5.41, 5.74) is 0. The van der Waals surface area contributed by atoms with Crippen LogP contribution in [0, 0.1) is 0 Å². The Hall–Kier alpha value is -0.400. The van der Waals surface area contributed by atoms with Crippen molar-refractivity contribution in [2.24, 2.45) is 0 Å². The Bertz CT molecular complexity index is 392. The number of hydrogen-bond donors (Lipinski definition) is 6. The number of fused-ring (bicyclic) bond motifs is 2. The van der Waals surface area contributed by atoms with Gasteiger partial charge in [-0.2, -0.15) is 0 Å². The molecule has 0 aromatic rings. The minimum atomic E-state index is -1.56. The molecular weight excluding hydrogens is 304 g/mol. The third-order valence-corrected chi connectivity index (χ3v) is 4.23. The summed E-state index contributed by atoms with van der Waals surface area (Å²) >= 11 is 0. The van der Waals surface area contributed by atoms with Crippen LogP contribution in [0.1, 0.15) is 0 Å². The molecule has 3 fully saturated rings. The largest absolute Gasteiger partial charge is 0.394 e. The molecular formula is C12H20O10. The summed E-state index contributed by atoms with van der Waals surface area (Å²) in [6.45, 7) is -0.489. The first-order chi connectivity index (χ1) is 10.4. The van der Waals surface area contributed by atoms with Crippen LogP contribution in [0.25, 0.3) is 0 Å². The van der Waals surface area contributed by atoms with E-state index in [1.807, 2.05) is 0 Å². The lowest BCUT2D eigenvalue weighted by molar-refractivity contribution is -0.336. The zero-order valence-corrected chi connectivity index (χ0v) is 11.5. The van der Waals surface area contributed by atoms with Gasteiger partial charge in [-0.3, -0.25) is 0 Å². The van der Waals surface area contributed by atoms with Crippen LogP contribution in [0.2, 0.25) is 0 Å². The van der Waals surface area contributed by atoms with Gasteiger partial charge in [-0.15, -0.1) is 0 Å². The maximum atomic E-state index is 9.93. The van der Waals surface area contributed by atoms with Gasteiger partial charge in [0.2, 0.25) is 0 Å². The van der Waals surface area contributed by atoms with Crippen LogP contribution in [0.4, 0.5) is 0 Å². The molecule has 2 bridgehead atoms. The first-order valence-corrected chi connectivity index (χ1v) is 7.03. The van der Waals surface area contributed by atoms with Crippen LogP contribution in [-0.2, 0) is 18.9 Å². The van der Waals surface area contributed by atoms with Gasteiger partial charge in [0.15, 0.2) is 12.6 Å². The SMILES string of the molecule is OC[C@H]1O[C@@H](O[C@@H]2[C@@H]3OC[C@H]2O[C@H](O)[C@@H]3O)[C@H](O)[C@@H](O)[C@H]1O. The van der Waals surface area contributed by atoms with Crippen molar-refractivity contribution in [1.29, 1.82) is 0 Å². The molecule has 0 saturated carbocycles. The van der Waals surface area contributed by atoms with Gasteiger partial charge in [0, 0.05) is 0 Å². The molecule has 10 heteroatoms. The molecule has 0 aliphatic carbocycles. The quantitative estimate of drug-likeness (QED) is 0.299. The summed E-state index contributed by atoms with van der Waals surface area (Å²) in [6, 6.07) is 0. The van der Waals surface area contributed by atoms with Gasteiger partial charge >= 0.3 is 0 Å². The van der Waals surface area contributed by atoms with E-state index in [1.165, 1.54) is 0 Å². The minimum absolute atomic E-state index is 0.0842. The molecule has 128 valence electrons. The Morgan fingerprint density at radius 3 is 2.32 bits per heavy atom. The van der Waals surface area contributed by atoms with Gasteiger partial charge in [0.25, 0.3) is 0 Å². The topological polar surface area (TPSA) is 158 Å². The highest BCUT2D eigenvalue weighted by atomic mass is 16.7. The maximum Gasteiger partial charge on any atom is 0.187 e. The fraction of sp³-hybridized carbons (Fsp3) is 1.00. The molecule has 6 N–H and O–H groups in total. The van der Waals surface area contributed by atoms with Crippen molar-refractivity contribution in [3.05, 3.63) is 0 Å². The third kappa shape index (κ3) is 2.65. The summed E-state index contributed by atoms with van der Waals surface area (Å²) in [5.74, 6) is 0. The summed E-state index contributed by atoms with van der Waals surface area (Å²) in [7, 11) is 0. The lowest BCUT2D eigenvalue weighted by Gasteiger charge is -2.43. The number of rotatable bonds is 3. The Balaban J connectivity index is 1.70. The average molecular weight is 324 g/mol. The molecule has 3 rings (SSSR count). The van der Waals surface area contributed by atoms with Gasteiger partial charge in [0.05, 0.1) is 13.2 Å². The molecule has 0 aromatic carbocycles. The summed E-state index contributed by atoms with van der Waals surface area (Å²) in [6.07, 6.45) is -12.1. The molecule has 0 radical (unpaired) electrons.